The topological polar surface area (TPSA) is 78.5 Å². The number of benzene rings is 1. The van der Waals surface area contributed by atoms with E-state index in [1.807, 2.05) is 4.90 Å². The standard InChI is InChI=1S/C25H33N3O3/c1-16(29)26-22-4-2-3-20(12-22)23(30)28-7-5-21(6-8-28)27-24(31)25-13-17-9-18(14-25)11-19(10-17)15-25/h2-4,12,17-19,21H,5-11,13-15H2,1H3,(H,26,29)(H,27,31). The zero-order valence-corrected chi connectivity index (χ0v) is 18.4. The molecule has 31 heavy (non-hydrogen) atoms. The fraction of sp³-hybridized carbons (Fsp3) is 0.640. The Bertz CT molecular complexity index is 852. The third-order valence-corrected chi connectivity index (χ3v) is 8.07. The normalized spacial score (nSPS) is 32.0. The van der Waals surface area contributed by atoms with E-state index >= 15 is 0 Å². The smallest absolute Gasteiger partial charge is 0.253 e. The van der Waals surface area contributed by atoms with Crippen molar-refractivity contribution in [2.45, 2.75) is 64.3 Å². The van der Waals surface area contributed by atoms with Crippen LogP contribution >= 0.6 is 0 Å². The summed E-state index contributed by atoms with van der Waals surface area (Å²) in [4.78, 5) is 39.4. The minimum Gasteiger partial charge on any atom is -0.353 e. The lowest BCUT2D eigenvalue weighted by Crippen LogP contribution is -2.56. The van der Waals surface area contributed by atoms with Crippen molar-refractivity contribution >= 4 is 23.4 Å². The SMILES string of the molecule is CC(=O)Nc1cccc(C(=O)N2CCC(NC(=O)C34CC5CC(CC(C5)C3)C4)CC2)c1. The number of anilines is 1. The largest absolute Gasteiger partial charge is 0.353 e. The van der Waals surface area contributed by atoms with Crippen molar-refractivity contribution in [2.75, 3.05) is 18.4 Å². The second kappa shape index (κ2) is 7.95. The molecule has 1 aliphatic heterocycles. The van der Waals surface area contributed by atoms with Gasteiger partial charge in [0, 0.05) is 42.7 Å². The number of piperidine rings is 1. The lowest BCUT2D eigenvalue weighted by molar-refractivity contribution is -0.147. The van der Waals surface area contributed by atoms with Crippen molar-refractivity contribution in [1.29, 1.82) is 0 Å². The van der Waals surface area contributed by atoms with E-state index in [0.29, 0.717) is 30.2 Å². The Labute approximate surface area is 184 Å². The van der Waals surface area contributed by atoms with Crippen LogP contribution in [0.3, 0.4) is 0 Å². The first-order valence-electron chi connectivity index (χ1n) is 11.9. The molecule has 0 radical (unpaired) electrons. The third kappa shape index (κ3) is 4.09. The molecule has 0 aromatic heterocycles. The van der Waals surface area contributed by atoms with E-state index in [1.165, 1.54) is 26.2 Å². The van der Waals surface area contributed by atoms with Gasteiger partial charge in [-0.2, -0.15) is 0 Å². The van der Waals surface area contributed by atoms with E-state index in [4.69, 9.17) is 0 Å². The predicted octanol–water partition coefficient (Wildman–Crippen LogP) is 3.58. The zero-order chi connectivity index (χ0) is 21.6. The van der Waals surface area contributed by atoms with Crippen LogP contribution in [0, 0.1) is 23.2 Å². The average Bonchev–Trinajstić information content (AvgIpc) is 2.72. The summed E-state index contributed by atoms with van der Waals surface area (Å²) in [5.74, 6) is 2.43. The molecule has 1 saturated heterocycles. The maximum absolute atomic E-state index is 13.3. The van der Waals surface area contributed by atoms with Gasteiger partial charge in [0.2, 0.25) is 11.8 Å². The molecule has 166 valence electrons. The highest BCUT2D eigenvalue weighted by molar-refractivity contribution is 5.96. The number of amides is 3. The highest BCUT2D eigenvalue weighted by Gasteiger charge is 2.54. The zero-order valence-electron chi connectivity index (χ0n) is 18.4. The number of hydrogen-bond donors (Lipinski definition) is 2. The number of carbonyl (C=O) groups excluding carboxylic acids is 3. The summed E-state index contributed by atoms with van der Waals surface area (Å²) in [6.45, 7) is 2.75. The summed E-state index contributed by atoms with van der Waals surface area (Å²) in [5.41, 5.74) is 1.12. The molecule has 5 fully saturated rings. The molecule has 4 aliphatic carbocycles. The minimum atomic E-state index is -0.153. The van der Waals surface area contributed by atoms with Gasteiger partial charge in [-0.15, -0.1) is 0 Å². The number of likely N-dealkylation sites (tertiary alicyclic amines) is 1. The van der Waals surface area contributed by atoms with Crippen LogP contribution in [0.2, 0.25) is 0 Å². The number of nitrogens with one attached hydrogen (secondary N) is 2. The quantitative estimate of drug-likeness (QED) is 0.777. The summed E-state index contributed by atoms with van der Waals surface area (Å²) >= 11 is 0. The highest BCUT2D eigenvalue weighted by atomic mass is 16.2. The molecule has 6 nitrogen and oxygen atoms in total. The van der Waals surface area contributed by atoms with Crippen LogP contribution in [-0.2, 0) is 9.59 Å². The van der Waals surface area contributed by atoms with Crippen LogP contribution in [0.1, 0.15) is 68.6 Å². The number of nitrogens with zero attached hydrogens (tertiary/aromatic N) is 1. The first kappa shape index (κ1) is 20.5. The molecule has 0 atom stereocenters. The van der Waals surface area contributed by atoms with Gasteiger partial charge < -0.3 is 15.5 Å². The molecule has 6 heteroatoms. The van der Waals surface area contributed by atoms with Crippen molar-refractivity contribution in [2.24, 2.45) is 23.2 Å². The van der Waals surface area contributed by atoms with Gasteiger partial charge in [-0.25, -0.2) is 0 Å². The molecule has 1 aromatic rings. The van der Waals surface area contributed by atoms with E-state index in [0.717, 1.165) is 49.9 Å². The molecule has 1 heterocycles. The van der Waals surface area contributed by atoms with Gasteiger partial charge in [-0.05, 0) is 87.3 Å². The molecular weight excluding hydrogens is 390 g/mol. The lowest BCUT2D eigenvalue weighted by atomic mass is 9.49. The molecule has 4 bridgehead atoms. The van der Waals surface area contributed by atoms with Crippen LogP contribution in [0.5, 0.6) is 0 Å². The predicted molar refractivity (Wildman–Crippen MR) is 118 cm³/mol. The van der Waals surface area contributed by atoms with E-state index in [-0.39, 0.29) is 23.3 Å². The number of rotatable bonds is 4. The molecule has 5 aliphatic rings. The van der Waals surface area contributed by atoms with Gasteiger partial charge >= 0.3 is 0 Å². The van der Waals surface area contributed by atoms with Crippen molar-refractivity contribution < 1.29 is 14.4 Å². The van der Waals surface area contributed by atoms with Gasteiger partial charge in [-0.3, -0.25) is 14.4 Å². The van der Waals surface area contributed by atoms with E-state index in [1.54, 1.807) is 24.3 Å². The van der Waals surface area contributed by atoms with Gasteiger partial charge in [0.05, 0.1) is 0 Å². The minimum absolute atomic E-state index is 0.0157. The van der Waals surface area contributed by atoms with E-state index < -0.39 is 0 Å². The Hall–Kier alpha value is -2.37. The molecule has 3 amide bonds. The van der Waals surface area contributed by atoms with Gasteiger partial charge in [-0.1, -0.05) is 6.07 Å². The first-order valence-corrected chi connectivity index (χ1v) is 11.9. The summed E-state index contributed by atoms with van der Waals surface area (Å²) in [6, 6.07) is 7.25. The van der Waals surface area contributed by atoms with Gasteiger partial charge in [0.1, 0.15) is 0 Å². The number of hydrogen-bond acceptors (Lipinski definition) is 3. The second-order valence-corrected chi connectivity index (χ2v) is 10.5. The van der Waals surface area contributed by atoms with Crippen LogP contribution in [0.4, 0.5) is 5.69 Å². The van der Waals surface area contributed by atoms with Crippen molar-refractivity contribution in [1.82, 2.24) is 10.2 Å². The van der Waals surface area contributed by atoms with Crippen LogP contribution in [0.15, 0.2) is 24.3 Å². The fourth-order valence-electron chi connectivity index (χ4n) is 7.07. The molecule has 1 aromatic carbocycles. The molecular formula is C25H33N3O3. The number of carbonyl (C=O) groups is 3. The summed E-state index contributed by atoms with van der Waals surface area (Å²) in [7, 11) is 0. The van der Waals surface area contributed by atoms with Crippen LogP contribution in [0.25, 0.3) is 0 Å². The Morgan fingerprint density at radius 1 is 0.968 bits per heavy atom. The fourth-order valence-corrected chi connectivity index (χ4v) is 7.07. The van der Waals surface area contributed by atoms with Crippen LogP contribution < -0.4 is 10.6 Å². The van der Waals surface area contributed by atoms with Crippen LogP contribution in [-0.4, -0.2) is 41.8 Å². The van der Waals surface area contributed by atoms with Crippen molar-refractivity contribution in [3.63, 3.8) is 0 Å². The molecule has 0 spiro atoms. The van der Waals surface area contributed by atoms with E-state index in [9.17, 15) is 14.4 Å². The Balaban J connectivity index is 1.16. The monoisotopic (exact) mass is 423 g/mol. The summed E-state index contributed by atoms with van der Waals surface area (Å²) in [6.07, 6.45) is 8.90. The maximum atomic E-state index is 13.3. The molecule has 2 N–H and O–H groups in total. The van der Waals surface area contributed by atoms with Crippen molar-refractivity contribution in [3.05, 3.63) is 29.8 Å². The molecule has 0 unspecified atom stereocenters. The maximum Gasteiger partial charge on any atom is 0.253 e. The van der Waals surface area contributed by atoms with Gasteiger partial charge in [0.15, 0.2) is 0 Å². The highest BCUT2D eigenvalue weighted by Crippen LogP contribution is 2.60. The Morgan fingerprint density at radius 3 is 2.16 bits per heavy atom. The Kier molecular flexibility index (Phi) is 5.27. The lowest BCUT2D eigenvalue weighted by Gasteiger charge is -2.56. The summed E-state index contributed by atoms with van der Waals surface area (Å²) < 4.78 is 0. The molecule has 4 saturated carbocycles. The average molecular weight is 424 g/mol. The summed E-state index contributed by atoms with van der Waals surface area (Å²) in [5, 5.41) is 6.11. The molecule has 6 rings (SSSR count). The van der Waals surface area contributed by atoms with E-state index in [2.05, 4.69) is 10.6 Å². The van der Waals surface area contributed by atoms with Crippen molar-refractivity contribution in [3.8, 4) is 0 Å². The van der Waals surface area contributed by atoms with Gasteiger partial charge in [0.25, 0.3) is 5.91 Å². The second-order valence-electron chi connectivity index (χ2n) is 10.5. The Morgan fingerprint density at radius 2 is 1.58 bits per heavy atom. The first-order chi connectivity index (χ1) is 14.9. The third-order valence-electron chi connectivity index (χ3n) is 8.07.